The van der Waals surface area contributed by atoms with Crippen molar-refractivity contribution in [3.63, 3.8) is 0 Å². The first-order chi connectivity index (χ1) is 12.8. The molecule has 0 saturated heterocycles. The van der Waals surface area contributed by atoms with Crippen molar-refractivity contribution >= 4 is 49.6 Å². The van der Waals surface area contributed by atoms with E-state index in [1.165, 1.54) is 12.5 Å². The van der Waals surface area contributed by atoms with Crippen molar-refractivity contribution in [2.75, 3.05) is 0 Å². The molecule has 2 heteroatoms. The molecule has 0 heterocycles. The van der Waals surface area contributed by atoms with Gasteiger partial charge in [0, 0.05) is 0 Å². The second-order valence-electron chi connectivity index (χ2n) is 6.36. The van der Waals surface area contributed by atoms with Crippen LogP contribution in [-0.2, 0) is 0 Å². The number of rotatable bonds is 4. The third kappa shape index (κ3) is 3.19. The SMILES string of the molecule is Brc1ccc[c]([Pb]([c]2ccccc2)([c]2ccccc2)[c]2ccccc2)c1. The second kappa shape index (κ2) is 7.89. The minimum atomic E-state index is -3.56. The van der Waals surface area contributed by atoms with Crippen LogP contribution >= 0.6 is 15.9 Å². The van der Waals surface area contributed by atoms with Gasteiger partial charge in [-0.15, -0.1) is 0 Å². The fourth-order valence-corrected chi connectivity index (χ4v) is 23.6. The van der Waals surface area contributed by atoms with E-state index in [2.05, 4.69) is 131 Å². The minimum absolute atomic E-state index is 1.14. The van der Waals surface area contributed by atoms with Crippen molar-refractivity contribution in [3.05, 3.63) is 120 Å². The summed E-state index contributed by atoms with van der Waals surface area (Å²) in [5.74, 6) is 0. The molecule has 4 aromatic rings. The Morgan fingerprint density at radius 2 is 0.808 bits per heavy atom. The predicted molar refractivity (Wildman–Crippen MR) is 118 cm³/mol. The van der Waals surface area contributed by atoms with Crippen LogP contribution in [0.5, 0.6) is 0 Å². The predicted octanol–water partition coefficient (Wildman–Crippen LogP) is 3.83. The molecule has 4 rings (SSSR count). The van der Waals surface area contributed by atoms with E-state index in [1.54, 1.807) is 0 Å². The van der Waals surface area contributed by atoms with E-state index in [4.69, 9.17) is 0 Å². The summed E-state index contributed by atoms with van der Waals surface area (Å²) in [6.45, 7) is 0. The van der Waals surface area contributed by atoms with Gasteiger partial charge in [-0.2, -0.15) is 0 Å². The molecular weight excluding hydrogens is 575 g/mol. The Morgan fingerprint density at radius 3 is 1.19 bits per heavy atom. The van der Waals surface area contributed by atoms with Gasteiger partial charge in [0.05, 0.1) is 0 Å². The van der Waals surface area contributed by atoms with Crippen molar-refractivity contribution in [2.45, 2.75) is 0 Å². The van der Waals surface area contributed by atoms with E-state index >= 15 is 0 Å². The number of benzene rings is 4. The summed E-state index contributed by atoms with van der Waals surface area (Å²) in [5.41, 5.74) is 0. The number of hydrogen-bond donors (Lipinski definition) is 0. The van der Waals surface area contributed by atoms with Crippen LogP contribution in [0.25, 0.3) is 0 Å². The maximum atomic E-state index is 3.71. The molecule has 0 unspecified atom stereocenters. The first kappa shape index (κ1) is 17.7. The maximum absolute atomic E-state index is 3.71. The molecule has 0 aromatic heterocycles. The zero-order valence-electron chi connectivity index (χ0n) is 14.3. The third-order valence-corrected chi connectivity index (χ3v) is 23.9. The van der Waals surface area contributed by atoms with Gasteiger partial charge in [0.15, 0.2) is 0 Å². The first-order valence-corrected chi connectivity index (χ1v) is 17.3. The monoisotopic (exact) mass is 594 g/mol. The van der Waals surface area contributed by atoms with Gasteiger partial charge in [0.25, 0.3) is 0 Å². The molecule has 0 aliphatic heterocycles. The quantitative estimate of drug-likeness (QED) is 0.316. The molecule has 26 heavy (non-hydrogen) atoms. The van der Waals surface area contributed by atoms with Crippen molar-refractivity contribution in [2.24, 2.45) is 0 Å². The molecule has 0 radical (unpaired) electrons. The Labute approximate surface area is 168 Å². The van der Waals surface area contributed by atoms with Gasteiger partial charge in [-0.05, 0) is 0 Å². The molecule has 0 saturated carbocycles. The fraction of sp³-hybridized carbons (Fsp3) is 0. The van der Waals surface area contributed by atoms with Gasteiger partial charge in [-0.3, -0.25) is 0 Å². The number of hydrogen-bond acceptors (Lipinski definition) is 0. The van der Waals surface area contributed by atoms with Crippen molar-refractivity contribution in [1.82, 2.24) is 0 Å². The van der Waals surface area contributed by atoms with Crippen LogP contribution in [0, 0.1) is 0 Å². The zero-order chi connectivity index (χ0) is 17.8. The Bertz CT molecular complexity index is 885. The van der Waals surface area contributed by atoms with Crippen LogP contribution < -0.4 is 12.5 Å². The summed E-state index contributed by atoms with van der Waals surface area (Å²) < 4.78 is 7.05. The molecule has 0 bridgehead atoms. The van der Waals surface area contributed by atoms with Gasteiger partial charge in [-0.1, -0.05) is 0 Å². The van der Waals surface area contributed by atoms with Gasteiger partial charge >= 0.3 is 169 Å². The molecule has 4 aromatic carbocycles. The van der Waals surface area contributed by atoms with Crippen LogP contribution in [0.15, 0.2) is 120 Å². The average Bonchev–Trinajstić information content (AvgIpc) is 2.71. The van der Waals surface area contributed by atoms with Crippen molar-refractivity contribution in [1.29, 1.82) is 0 Å². The molecule has 0 nitrogen and oxygen atoms in total. The van der Waals surface area contributed by atoms with E-state index in [0.29, 0.717) is 0 Å². The van der Waals surface area contributed by atoms with Gasteiger partial charge < -0.3 is 0 Å². The van der Waals surface area contributed by atoms with E-state index < -0.39 is 21.2 Å². The topological polar surface area (TPSA) is 0 Å². The Balaban J connectivity index is 2.14. The molecule has 0 aliphatic rings. The van der Waals surface area contributed by atoms with Crippen LogP contribution in [0.2, 0.25) is 0 Å². The average molecular weight is 595 g/mol. The fourth-order valence-electron chi connectivity index (χ4n) is 3.79. The first-order valence-electron chi connectivity index (χ1n) is 8.74. The molecule has 0 amide bonds. The summed E-state index contributed by atoms with van der Waals surface area (Å²) in [7, 11) is 0. The summed E-state index contributed by atoms with van der Waals surface area (Å²) >= 11 is 0.150. The van der Waals surface area contributed by atoms with E-state index in [0.717, 1.165) is 4.47 Å². The standard InChI is InChI=1S/C6H4Br.3C6H5.Pb/c7-6-4-2-1-3-5-6;3*1-2-4-6-5-3-1;/h1-2,4-5H;3*1-5H;. The summed E-state index contributed by atoms with van der Waals surface area (Å²) in [6.07, 6.45) is 0. The normalized spacial score (nSPS) is 11.3. The van der Waals surface area contributed by atoms with Crippen LogP contribution in [-0.4, -0.2) is 21.2 Å². The van der Waals surface area contributed by atoms with Crippen LogP contribution in [0.4, 0.5) is 0 Å². The Hall–Kier alpha value is -1.72. The van der Waals surface area contributed by atoms with Gasteiger partial charge in [-0.25, -0.2) is 0 Å². The van der Waals surface area contributed by atoms with Crippen molar-refractivity contribution < 1.29 is 0 Å². The molecule has 0 aliphatic carbocycles. The molecule has 0 spiro atoms. The molecule has 0 N–H and O–H groups in total. The second-order valence-corrected chi connectivity index (χ2v) is 22.1. The van der Waals surface area contributed by atoms with Crippen LogP contribution in [0.1, 0.15) is 0 Å². The Kier molecular flexibility index (Phi) is 5.36. The summed E-state index contributed by atoms with van der Waals surface area (Å²) in [5, 5.41) is 0. The summed E-state index contributed by atoms with van der Waals surface area (Å²) in [4.78, 5) is 0. The molecule has 0 fully saturated rings. The van der Waals surface area contributed by atoms with E-state index in [9.17, 15) is 0 Å². The Morgan fingerprint density at radius 1 is 0.423 bits per heavy atom. The third-order valence-electron chi connectivity index (χ3n) is 4.88. The van der Waals surface area contributed by atoms with Crippen molar-refractivity contribution in [3.8, 4) is 0 Å². The van der Waals surface area contributed by atoms with Gasteiger partial charge in [0.1, 0.15) is 0 Å². The zero-order valence-corrected chi connectivity index (χ0v) is 19.8. The van der Waals surface area contributed by atoms with E-state index in [1.807, 2.05) is 0 Å². The molecular formula is C24H19BrPb. The molecule has 126 valence electrons. The molecule has 0 atom stereocenters. The van der Waals surface area contributed by atoms with Gasteiger partial charge in [0.2, 0.25) is 0 Å². The number of halogens is 1. The van der Waals surface area contributed by atoms with Crippen LogP contribution in [0.3, 0.4) is 0 Å². The summed E-state index contributed by atoms with van der Waals surface area (Å²) in [6, 6.07) is 42.2. The van der Waals surface area contributed by atoms with E-state index in [-0.39, 0.29) is 0 Å².